The molecule has 2 aliphatic heterocycles. The lowest BCUT2D eigenvalue weighted by molar-refractivity contribution is -0.113. The molecule has 2 aromatic rings. The van der Waals surface area contributed by atoms with Crippen LogP contribution in [0.25, 0.3) is 0 Å². The summed E-state index contributed by atoms with van der Waals surface area (Å²) in [6.07, 6.45) is 0.617. The molecule has 2 amide bonds. The highest BCUT2D eigenvalue weighted by Crippen LogP contribution is 2.33. The summed E-state index contributed by atoms with van der Waals surface area (Å²) in [5.74, 6) is 1.73. The molecule has 2 aromatic carbocycles. The molecule has 0 aromatic heterocycles. The molecule has 146 valence electrons. The van der Waals surface area contributed by atoms with Crippen LogP contribution in [0, 0.1) is 0 Å². The van der Waals surface area contributed by atoms with E-state index in [1.165, 1.54) is 11.8 Å². The van der Waals surface area contributed by atoms with Gasteiger partial charge in [0.2, 0.25) is 5.91 Å². The fourth-order valence-corrected chi connectivity index (χ4v) is 4.13. The molecule has 2 heterocycles. The van der Waals surface area contributed by atoms with Crippen LogP contribution in [0.2, 0.25) is 0 Å². The number of rotatable bonds is 5. The van der Waals surface area contributed by atoms with E-state index in [1.807, 2.05) is 43.3 Å². The molecule has 0 radical (unpaired) electrons. The van der Waals surface area contributed by atoms with Crippen LogP contribution in [-0.2, 0) is 4.79 Å². The van der Waals surface area contributed by atoms with Crippen molar-refractivity contribution in [1.29, 1.82) is 0 Å². The molecule has 2 aliphatic rings. The van der Waals surface area contributed by atoms with E-state index >= 15 is 0 Å². The van der Waals surface area contributed by atoms with Gasteiger partial charge in [0.1, 0.15) is 6.61 Å². The van der Waals surface area contributed by atoms with Crippen molar-refractivity contribution in [2.24, 2.45) is 0 Å². The Balaban J connectivity index is 1.49. The summed E-state index contributed by atoms with van der Waals surface area (Å²) in [5, 5.41) is 2.84. The van der Waals surface area contributed by atoms with Gasteiger partial charge >= 0.3 is 0 Å². The molecule has 0 unspecified atom stereocenters. The van der Waals surface area contributed by atoms with Crippen molar-refractivity contribution in [3.63, 3.8) is 0 Å². The zero-order chi connectivity index (χ0) is 19.5. The average molecular weight is 398 g/mol. The first-order valence-electron chi connectivity index (χ1n) is 9.38. The first-order chi connectivity index (χ1) is 13.6. The maximum atomic E-state index is 13.1. The number of anilines is 1. The van der Waals surface area contributed by atoms with Crippen molar-refractivity contribution in [1.82, 2.24) is 4.90 Å². The Morgan fingerprint density at radius 2 is 2.07 bits per heavy atom. The van der Waals surface area contributed by atoms with Gasteiger partial charge in [0, 0.05) is 17.0 Å². The number of benzene rings is 2. The zero-order valence-electron chi connectivity index (χ0n) is 15.6. The fraction of sp³-hybridized carbons (Fsp3) is 0.333. The van der Waals surface area contributed by atoms with Crippen LogP contribution in [0.1, 0.15) is 23.7 Å². The van der Waals surface area contributed by atoms with Gasteiger partial charge < -0.3 is 19.7 Å². The highest BCUT2D eigenvalue weighted by atomic mass is 32.2. The summed E-state index contributed by atoms with van der Waals surface area (Å²) >= 11 is 1.48. The van der Waals surface area contributed by atoms with Crippen LogP contribution in [-0.4, -0.2) is 48.3 Å². The Hall–Kier alpha value is -2.67. The number of ether oxygens (including phenoxy) is 2. The highest BCUT2D eigenvalue weighted by molar-refractivity contribution is 8.00. The predicted octanol–water partition coefficient (Wildman–Crippen LogP) is 3.42. The number of carbonyl (C=O) groups excluding carboxylic acids is 2. The summed E-state index contributed by atoms with van der Waals surface area (Å²) in [7, 11) is 0. The first-order valence-corrected chi connectivity index (χ1v) is 10.4. The molecule has 0 bridgehead atoms. The normalized spacial score (nSPS) is 17.5. The summed E-state index contributed by atoms with van der Waals surface area (Å²) in [6.45, 7) is 3.51. The highest BCUT2D eigenvalue weighted by Gasteiger charge is 2.26. The lowest BCUT2D eigenvalue weighted by atomic mass is 10.1. The van der Waals surface area contributed by atoms with Crippen LogP contribution in [0.15, 0.2) is 47.4 Å². The number of nitrogens with zero attached hydrogens (tertiary/aromatic N) is 1. The van der Waals surface area contributed by atoms with Crippen LogP contribution < -0.4 is 14.8 Å². The minimum absolute atomic E-state index is 0.0427. The van der Waals surface area contributed by atoms with Gasteiger partial charge in [0.05, 0.1) is 18.0 Å². The van der Waals surface area contributed by atoms with E-state index in [4.69, 9.17) is 9.47 Å². The second kappa shape index (κ2) is 8.14. The Labute approximate surface area is 168 Å². The van der Waals surface area contributed by atoms with Crippen molar-refractivity contribution < 1.29 is 19.1 Å². The minimum Gasteiger partial charge on any atom is -0.486 e. The quantitative estimate of drug-likeness (QED) is 0.836. The number of fused-ring (bicyclic) bond motifs is 2. The Kier molecular flexibility index (Phi) is 5.43. The van der Waals surface area contributed by atoms with Gasteiger partial charge in [0.25, 0.3) is 5.91 Å². The number of carbonyl (C=O) groups is 2. The lowest BCUT2D eigenvalue weighted by Gasteiger charge is -2.31. The third-order valence-corrected chi connectivity index (χ3v) is 5.71. The van der Waals surface area contributed by atoms with Gasteiger partial charge in [-0.25, -0.2) is 0 Å². The van der Waals surface area contributed by atoms with Gasteiger partial charge in [-0.2, -0.15) is 0 Å². The second-order valence-corrected chi connectivity index (χ2v) is 7.81. The first kappa shape index (κ1) is 18.7. The molecule has 0 saturated heterocycles. The van der Waals surface area contributed by atoms with Crippen molar-refractivity contribution in [3.05, 3.63) is 48.0 Å². The molecular weight excluding hydrogens is 376 g/mol. The summed E-state index contributed by atoms with van der Waals surface area (Å²) in [5.41, 5.74) is 1.27. The molecule has 7 heteroatoms. The number of nitrogens with one attached hydrogen (secondary N) is 1. The summed E-state index contributed by atoms with van der Waals surface area (Å²) in [4.78, 5) is 27.6. The van der Waals surface area contributed by atoms with Gasteiger partial charge in [-0.1, -0.05) is 19.1 Å². The maximum Gasteiger partial charge on any atom is 0.254 e. The van der Waals surface area contributed by atoms with E-state index in [9.17, 15) is 9.59 Å². The zero-order valence-corrected chi connectivity index (χ0v) is 16.5. The average Bonchev–Trinajstić information content (AvgIpc) is 2.72. The van der Waals surface area contributed by atoms with E-state index < -0.39 is 0 Å². The van der Waals surface area contributed by atoms with Crippen molar-refractivity contribution >= 4 is 29.3 Å². The number of amides is 2. The largest absolute Gasteiger partial charge is 0.486 e. The number of hydrogen-bond donors (Lipinski definition) is 1. The van der Waals surface area contributed by atoms with Crippen molar-refractivity contribution in [3.8, 4) is 11.5 Å². The molecule has 4 rings (SSSR count). The minimum atomic E-state index is -0.224. The van der Waals surface area contributed by atoms with E-state index in [0.717, 1.165) is 17.1 Å². The van der Waals surface area contributed by atoms with E-state index in [1.54, 1.807) is 11.0 Å². The summed E-state index contributed by atoms with van der Waals surface area (Å²) in [6, 6.07) is 13.0. The predicted molar refractivity (Wildman–Crippen MR) is 108 cm³/mol. The monoisotopic (exact) mass is 398 g/mol. The standard InChI is InChI=1S/C21H22N2O4S/c1-2-9-23(11-15-12-26-17-5-3-4-6-18(17)27-15)21(25)14-7-8-19-16(10-14)22-20(24)13-28-19/h3-8,10,15H,2,9,11-13H2,1H3,(H,22,24)/t15-/m0/s1. The van der Waals surface area contributed by atoms with E-state index in [2.05, 4.69) is 5.32 Å². The van der Waals surface area contributed by atoms with Gasteiger partial charge in [-0.05, 0) is 36.8 Å². The molecule has 0 saturated carbocycles. The lowest BCUT2D eigenvalue weighted by Crippen LogP contribution is -2.44. The van der Waals surface area contributed by atoms with Crippen LogP contribution in [0.3, 0.4) is 0 Å². The third-order valence-electron chi connectivity index (χ3n) is 4.63. The van der Waals surface area contributed by atoms with Crippen LogP contribution >= 0.6 is 11.8 Å². The summed E-state index contributed by atoms with van der Waals surface area (Å²) < 4.78 is 11.8. The van der Waals surface area contributed by atoms with Crippen molar-refractivity contribution in [2.45, 2.75) is 24.3 Å². The second-order valence-electron chi connectivity index (χ2n) is 6.80. The van der Waals surface area contributed by atoms with Gasteiger partial charge in [-0.3, -0.25) is 9.59 Å². The van der Waals surface area contributed by atoms with Gasteiger partial charge in [0.15, 0.2) is 17.6 Å². The molecule has 6 nitrogen and oxygen atoms in total. The fourth-order valence-electron chi connectivity index (χ4n) is 3.34. The molecular formula is C21H22N2O4S. The number of thioether (sulfide) groups is 1. The molecule has 0 spiro atoms. The maximum absolute atomic E-state index is 13.1. The van der Waals surface area contributed by atoms with E-state index in [-0.39, 0.29) is 17.9 Å². The molecule has 1 N–H and O–H groups in total. The smallest absolute Gasteiger partial charge is 0.254 e. The number of hydrogen-bond acceptors (Lipinski definition) is 5. The SMILES string of the molecule is CCCN(C[C@H]1COc2ccccc2O1)C(=O)c1ccc2c(c1)NC(=O)CS2. The topological polar surface area (TPSA) is 67.9 Å². The molecule has 0 aliphatic carbocycles. The van der Waals surface area contributed by atoms with Gasteiger partial charge in [-0.15, -0.1) is 11.8 Å². The van der Waals surface area contributed by atoms with Crippen LogP contribution in [0.4, 0.5) is 5.69 Å². The Bertz CT molecular complexity index is 902. The molecule has 1 atom stereocenters. The van der Waals surface area contributed by atoms with Crippen molar-refractivity contribution in [2.75, 3.05) is 30.8 Å². The Morgan fingerprint density at radius 1 is 1.25 bits per heavy atom. The molecule has 0 fully saturated rings. The number of para-hydroxylation sites is 2. The third kappa shape index (κ3) is 3.94. The van der Waals surface area contributed by atoms with E-state index in [0.29, 0.717) is 42.4 Å². The van der Waals surface area contributed by atoms with Crippen LogP contribution in [0.5, 0.6) is 11.5 Å². The Morgan fingerprint density at radius 3 is 2.89 bits per heavy atom. The molecule has 28 heavy (non-hydrogen) atoms.